The summed E-state index contributed by atoms with van der Waals surface area (Å²) < 4.78 is 5.79. The third kappa shape index (κ3) is 2.95. The first-order valence-electron chi connectivity index (χ1n) is 7.93. The van der Waals surface area contributed by atoms with E-state index in [1.54, 1.807) is 4.90 Å². The van der Waals surface area contributed by atoms with E-state index in [0.29, 0.717) is 24.4 Å². The topological polar surface area (TPSA) is 49.8 Å². The molecule has 1 N–H and O–H groups in total. The Hall–Kier alpha value is -1.26. The summed E-state index contributed by atoms with van der Waals surface area (Å²) in [4.78, 5) is 14.2. The predicted molar refractivity (Wildman–Crippen MR) is 84.9 cm³/mol. The Labute approximate surface area is 136 Å². The van der Waals surface area contributed by atoms with Crippen LogP contribution in [0, 0.1) is 0 Å². The van der Waals surface area contributed by atoms with Crippen LogP contribution in [0.2, 0.25) is 5.02 Å². The standard InChI is InChI=1S/C17H22ClNO3/c1-12(14-4-2-3-5-15(14)18)19-11-10-17(22-16(19)21)8-6-13(20)7-9-17/h2-5,12-13,20H,6-11H2,1H3/t12-,13?,17?/m0/s1. The Morgan fingerprint density at radius 2 is 2.00 bits per heavy atom. The molecule has 0 radical (unpaired) electrons. The number of hydrogen-bond donors (Lipinski definition) is 1. The van der Waals surface area contributed by atoms with E-state index in [1.807, 2.05) is 31.2 Å². The third-order valence-corrected chi connectivity index (χ3v) is 5.38. The van der Waals surface area contributed by atoms with Crippen LogP contribution in [0.3, 0.4) is 0 Å². The first kappa shape index (κ1) is 15.6. The number of amides is 1. The SMILES string of the molecule is C[C@@H](c1ccccc1Cl)N1CCC2(CCC(O)CC2)OC1=O. The molecule has 22 heavy (non-hydrogen) atoms. The number of carbonyl (C=O) groups excluding carboxylic acids is 1. The average Bonchev–Trinajstić information content (AvgIpc) is 2.51. The van der Waals surface area contributed by atoms with Gasteiger partial charge >= 0.3 is 6.09 Å². The van der Waals surface area contributed by atoms with Gasteiger partial charge in [-0.1, -0.05) is 29.8 Å². The van der Waals surface area contributed by atoms with E-state index in [2.05, 4.69) is 0 Å². The molecule has 2 fully saturated rings. The molecule has 1 heterocycles. The molecule has 0 aromatic heterocycles. The van der Waals surface area contributed by atoms with Gasteiger partial charge < -0.3 is 14.7 Å². The number of carbonyl (C=O) groups is 1. The summed E-state index contributed by atoms with van der Waals surface area (Å²) in [7, 11) is 0. The lowest BCUT2D eigenvalue weighted by atomic mass is 9.80. The molecule has 1 aliphatic carbocycles. The zero-order chi connectivity index (χ0) is 15.7. The molecule has 1 amide bonds. The monoisotopic (exact) mass is 323 g/mol. The fourth-order valence-corrected chi connectivity index (χ4v) is 3.82. The maximum Gasteiger partial charge on any atom is 0.410 e. The summed E-state index contributed by atoms with van der Waals surface area (Å²) >= 11 is 6.24. The normalized spacial score (nSPS) is 30.2. The van der Waals surface area contributed by atoms with E-state index in [-0.39, 0.29) is 23.8 Å². The molecule has 1 aromatic carbocycles. The van der Waals surface area contributed by atoms with Crippen molar-refractivity contribution >= 4 is 17.7 Å². The highest BCUT2D eigenvalue weighted by Gasteiger charge is 2.44. The number of aliphatic hydroxyl groups is 1. The molecule has 3 rings (SSSR count). The van der Waals surface area contributed by atoms with E-state index in [4.69, 9.17) is 16.3 Å². The van der Waals surface area contributed by atoms with Crippen LogP contribution in [0.1, 0.15) is 50.6 Å². The minimum Gasteiger partial charge on any atom is -0.443 e. The Morgan fingerprint density at radius 3 is 2.64 bits per heavy atom. The van der Waals surface area contributed by atoms with Gasteiger partial charge in [-0.05, 0) is 44.2 Å². The van der Waals surface area contributed by atoms with Crippen LogP contribution in [0.5, 0.6) is 0 Å². The minimum atomic E-state index is -0.368. The Balaban J connectivity index is 1.71. The molecule has 5 heteroatoms. The molecule has 1 aliphatic heterocycles. The Kier molecular flexibility index (Phi) is 4.33. The van der Waals surface area contributed by atoms with E-state index in [1.165, 1.54) is 0 Å². The van der Waals surface area contributed by atoms with E-state index >= 15 is 0 Å². The number of halogens is 1. The number of ether oxygens (including phenoxy) is 1. The number of benzene rings is 1. The largest absolute Gasteiger partial charge is 0.443 e. The van der Waals surface area contributed by atoms with Gasteiger partial charge in [0.2, 0.25) is 0 Å². The van der Waals surface area contributed by atoms with Crippen LogP contribution in [0.25, 0.3) is 0 Å². The van der Waals surface area contributed by atoms with Crippen molar-refractivity contribution in [2.24, 2.45) is 0 Å². The lowest BCUT2D eigenvalue weighted by Crippen LogP contribution is -2.52. The van der Waals surface area contributed by atoms with Gasteiger partial charge in [0, 0.05) is 18.0 Å². The Bertz CT molecular complexity index is 555. The fraction of sp³-hybridized carbons (Fsp3) is 0.588. The van der Waals surface area contributed by atoms with Gasteiger partial charge in [-0.25, -0.2) is 4.79 Å². The molecule has 1 aromatic rings. The van der Waals surface area contributed by atoms with E-state index < -0.39 is 0 Å². The molecule has 0 bridgehead atoms. The molecule has 1 spiro atoms. The predicted octanol–water partition coefficient (Wildman–Crippen LogP) is 3.92. The zero-order valence-electron chi connectivity index (χ0n) is 12.8. The van der Waals surface area contributed by atoms with Crippen molar-refractivity contribution < 1.29 is 14.6 Å². The lowest BCUT2D eigenvalue weighted by molar-refractivity contribution is -0.0907. The molecule has 0 unspecified atom stereocenters. The summed E-state index contributed by atoms with van der Waals surface area (Å²) in [5, 5.41) is 10.3. The molecule has 1 saturated carbocycles. The molecule has 120 valence electrons. The highest BCUT2D eigenvalue weighted by atomic mass is 35.5. The van der Waals surface area contributed by atoms with Crippen LogP contribution in [-0.2, 0) is 4.74 Å². The number of aliphatic hydroxyl groups excluding tert-OH is 1. The molecule has 4 nitrogen and oxygen atoms in total. The number of rotatable bonds is 2. The first-order valence-corrected chi connectivity index (χ1v) is 8.31. The van der Waals surface area contributed by atoms with Gasteiger partial charge in [0.15, 0.2) is 0 Å². The fourth-order valence-electron chi connectivity index (χ4n) is 3.52. The average molecular weight is 324 g/mol. The quantitative estimate of drug-likeness (QED) is 0.897. The molecular weight excluding hydrogens is 302 g/mol. The van der Waals surface area contributed by atoms with Crippen LogP contribution in [-0.4, -0.2) is 34.3 Å². The second kappa shape index (κ2) is 6.09. The second-order valence-corrected chi connectivity index (χ2v) is 6.83. The minimum absolute atomic E-state index is 0.104. The zero-order valence-corrected chi connectivity index (χ0v) is 13.6. The summed E-state index contributed by atoms with van der Waals surface area (Å²) in [5.41, 5.74) is 0.573. The van der Waals surface area contributed by atoms with Crippen LogP contribution in [0.15, 0.2) is 24.3 Å². The number of nitrogens with zero attached hydrogens (tertiary/aromatic N) is 1. The van der Waals surface area contributed by atoms with E-state index in [9.17, 15) is 9.90 Å². The molecule has 1 saturated heterocycles. The molecule has 1 atom stereocenters. The summed E-state index contributed by atoms with van der Waals surface area (Å²) in [6, 6.07) is 7.49. The summed E-state index contributed by atoms with van der Waals surface area (Å²) in [5.74, 6) is 0. The van der Waals surface area contributed by atoms with Gasteiger partial charge in [-0.3, -0.25) is 0 Å². The first-order chi connectivity index (χ1) is 10.5. The van der Waals surface area contributed by atoms with Crippen molar-refractivity contribution in [3.05, 3.63) is 34.9 Å². The van der Waals surface area contributed by atoms with Gasteiger partial charge in [-0.15, -0.1) is 0 Å². The summed E-state index contributed by atoms with van der Waals surface area (Å²) in [6.45, 7) is 2.65. The van der Waals surface area contributed by atoms with Gasteiger partial charge in [-0.2, -0.15) is 0 Å². The Morgan fingerprint density at radius 1 is 1.32 bits per heavy atom. The number of hydrogen-bond acceptors (Lipinski definition) is 3. The van der Waals surface area contributed by atoms with Gasteiger partial charge in [0.1, 0.15) is 5.60 Å². The molecule has 2 aliphatic rings. The highest BCUT2D eigenvalue weighted by molar-refractivity contribution is 6.31. The third-order valence-electron chi connectivity index (χ3n) is 5.04. The van der Waals surface area contributed by atoms with Gasteiger partial charge in [0.05, 0.1) is 12.1 Å². The van der Waals surface area contributed by atoms with Crippen LogP contribution < -0.4 is 0 Å². The van der Waals surface area contributed by atoms with Crippen molar-refractivity contribution in [2.75, 3.05) is 6.54 Å². The lowest BCUT2D eigenvalue weighted by Gasteiger charge is -2.45. The maximum absolute atomic E-state index is 12.5. The van der Waals surface area contributed by atoms with Crippen LogP contribution in [0.4, 0.5) is 4.79 Å². The smallest absolute Gasteiger partial charge is 0.410 e. The van der Waals surface area contributed by atoms with E-state index in [0.717, 1.165) is 24.8 Å². The van der Waals surface area contributed by atoms with Crippen molar-refractivity contribution in [3.63, 3.8) is 0 Å². The van der Waals surface area contributed by atoms with Crippen molar-refractivity contribution in [3.8, 4) is 0 Å². The van der Waals surface area contributed by atoms with Crippen molar-refractivity contribution in [1.29, 1.82) is 0 Å². The maximum atomic E-state index is 12.5. The second-order valence-electron chi connectivity index (χ2n) is 6.42. The highest BCUT2D eigenvalue weighted by Crippen LogP contribution is 2.40. The summed E-state index contributed by atoms with van der Waals surface area (Å²) in [6.07, 6.45) is 3.25. The van der Waals surface area contributed by atoms with Crippen LogP contribution >= 0.6 is 11.6 Å². The van der Waals surface area contributed by atoms with Crippen molar-refractivity contribution in [2.45, 2.75) is 56.8 Å². The van der Waals surface area contributed by atoms with Gasteiger partial charge in [0.25, 0.3) is 0 Å². The molecular formula is C17H22ClNO3. The van der Waals surface area contributed by atoms with Crippen molar-refractivity contribution in [1.82, 2.24) is 4.90 Å².